The van der Waals surface area contributed by atoms with E-state index >= 15 is 0 Å². The molecule has 2 aromatic heterocycles. The minimum Gasteiger partial charge on any atom is -0.309 e. The number of para-hydroxylation sites is 1. The van der Waals surface area contributed by atoms with Gasteiger partial charge in [0.1, 0.15) is 12.4 Å². The van der Waals surface area contributed by atoms with E-state index in [4.69, 9.17) is 0 Å². The van der Waals surface area contributed by atoms with Crippen molar-refractivity contribution in [3.05, 3.63) is 52.9 Å². The number of carbonyl (C=O) groups excluding carboxylic acids is 1. The monoisotopic (exact) mass is 325 g/mol. The van der Waals surface area contributed by atoms with Crippen LogP contribution < -0.4 is 10.7 Å². The van der Waals surface area contributed by atoms with Gasteiger partial charge in [-0.2, -0.15) is 10.2 Å². The van der Waals surface area contributed by atoms with E-state index in [9.17, 15) is 9.59 Å². The number of aromatic nitrogens is 4. The Labute approximate surface area is 138 Å². The summed E-state index contributed by atoms with van der Waals surface area (Å²) in [5.74, 6) is 0.432. The Kier molecular flexibility index (Phi) is 4.41. The molecule has 0 bridgehead atoms. The molecule has 0 spiro atoms. The van der Waals surface area contributed by atoms with Gasteiger partial charge in [-0.05, 0) is 25.5 Å². The third-order valence-corrected chi connectivity index (χ3v) is 4.00. The van der Waals surface area contributed by atoms with Gasteiger partial charge in [-0.25, -0.2) is 4.68 Å². The molecule has 0 fully saturated rings. The Hall–Kier alpha value is -2.96. The minimum atomic E-state index is -0.221. The Bertz CT molecular complexity index is 928. The summed E-state index contributed by atoms with van der Waals surface area (Å²) in [4.78, 5) is 24.2. The van der Waals surface area contributed by atoms with Gasteiger partial charge in [-0.3, -0.25) is 14.3 Å². The maximum Gasteiger partial charge on any atom is 0.247 e. The zero-order valence-electron chi connectivity index (χ0n) is 13.6. The number of nitrogens with one attached hydrogen (secondary N) is 1. The molecule has 1 amide bonds. The van der Waals surface area contributed by atoms with Gasteiger partial charge >= 0.3 is 0 Å². The molecule has 0 aliphatic carbocycles. The first kappa shape index (κ1) is 15.9. The number of benzene rings is 1. The minimum absolute atomic E-state index is 0.0203. The number of nitrogens with zero attached hydrogens (tertiary/aromatic N) is 4. The Balaban J connectivity index is 1.83. The summed E-state index contributed by atoms with van der Waals surface area (Å²) in [6, 6.07) is 9.07. The highest BCUT2D eigenvalue weighted by Crippen LogP contribution is 2.16. The molecule has 7 nitrogen and oxygen atoms in total. The fourth-order valence-electron chi connectivity index (χ4n) is 2.54. The first-order chi connectivity index (χ1) is 11.6. The number of amides is 1. The van der Waals surface area contributed by atoms with Crippen molar-refractivity contribution < 1.29 is 4.79 Å². The van der Waals surface area contributed by atoms with Gasteiger partial charge in [0, 0.05) is 11.5 Å². The van der Waals surface area contributed by atoms with Crippen LogP contribution in [0.4, 0.5) is 5.82 Å². The quantitative estimate of drug-likeness (QED) is 0.779. The Morgan fingerprint density at radius 1 is 1.25 bits per heavy atom. The van der Waals surface area contributed by atoms with Crippen LogP contribution in [0, 0.1) is 0 Å². The van der Waals surface area contributed by atoms with E-state index in [2.05, 4.69) is 22.4 Å². The zero-order chi connectivity index (χ0) is 17.1. The molecular weight excluding hydrogens is 306 g/mol. The predicted octanol–water partition coefficient (Wildman–Crippen LogP) is 2.20. The van der Waals surface area contributed by atoms with Crippen molar-refractivity contribution in [2.45, 2.75) is 32.9 Å². The van der Waals surface area contributed by atoms with Crippen molar-refractivity contribution in [3.8, 4) is 0 Å². The van der Waals surface area contributed by atoms with Crippen LogP contribution in [0.5, 0.6) is 0 Å². The van der Waals surface area contributed by atoms with Gasteiger partial charge in [0.05, 0.1) is 24.0 Å². The van der Waals surface area contributed by atoms with E-state index in [1.165, 1.54) is 10.9 Å². The summed E-state index contributed by atoms with van der Waals surface area (Å²) in [6.45, 7) is 4.13. The van der Waals surface area contributed by atoms with Crippen LogP contribution in [0.15, 0.2) is 47.5 Å². The molecule has 0 saturated heterocycles. The lowest BCUT2D eigenvalue weighted by atomic mass is 10.2. The third kappa shape index (κ3) is 3.05. The highest BCUT2D eigenvalue weighted by atomic mass is 16.2. The first-order valence-electron chi connectivity index (χ1n) is 7.88. The fraction of sp³-hybridized carbons (Fsp3) is 0.294. The summed E-state index contributed by atoms with van der Waals surface area (Å²) >= 11 is 0. The average Bonchev–Trinajstić information content (AvgIpc) is 3.05. The van der Waals surface area contributed by atoms with Crippen molar-refractivity contribution in [2.24, 2.45) is 0 Å². The van der Waals surface area contributed by atoms with Crippen LogP contribution in [0.2, 0.25) is 0 Å². The average molecular weight is 325 g/mol. The van der Waals surface area contributed by atoms with E-state index in [-0.39, 0.29) is 23.9 Å². The summed E-state index contributed by atoms with van der Waals surface area (Å²) in [5, 5.41) is 11.7. The third-order valence-electron chi connectivity index (χ3n) is 4.00. The van der Waals surface area contributed by atoms with Crippen LogP contribution >= 0.6 is 0 Å². The number of anilines is 1. The largest absolute Gasteiger partial charge is 0.309 e. The summed E-state index contributed by atoms with van der Waals surface area (Å²) in [5.41, 5.74) is 0.479. The molecule has 3 rings (SSSR count). The Morgan fingerprint density at radius 3 is 2.83 bits per heavy atom. The smallest absolute Gasteiger partial charge is 0.247 e. The second-order valence-electron chi connectivity index (χ2n) is 5.65. The highest BCUT2D eigenvalue weighted by molar-refractivity contribution is 5.90. The maximum atomic E-state index is 12.4. The van der Waals surface area contributed by atoms with E-state index in [1.54, 1.807) is 35.1 Å². The molecule has 3 aromatic rings. The standard InChI is InChI=1S/C17H19N5O2/c1-3-12(2)22-16(8-9-18-22)20-17(24)11-21-14-7-5-4-6-13(14)15(23)10-19-21/h4-10,12H,3,11H2,1-2H3,(H,20,24). The van der Waals surface area contributed by atoms with Crippen LogP contribution in [0.1, 0.15) is 26.3 Å². The summed E-state index contributed by atoms with van der Waals surface area (Å²) < 4.78 is 3.31. The molecular formula is C17H19N5O2. The highest BCUT2D eigenvalue weighted by Gasteiger charge is 2.13. The molecule has 1 aromatic carbocycles. The van der Waals surface area contributed by atoms with Crippen molar-refractivity contribution in [1.82, 2.24) is 19.6 Å². The van der Waals surface area contributed by atoms with Crippen LogP contribution in [-0.2, 0) is 11.3 Å². The molecule has 1 atom stereocenters. The van der Waals surface area contributed by atoms with Crippen molar-refractivity contribution in [3.63, 3.8) is 0 Å². The van der Waals surface area contributed by atoms with Gasteiger partial charge in [-0.1, -0.05) is 19.1 Å². The van der Waals surface area contributed by atoms with Gasteiger partial charge in [-0.15, -0.1) is 0 Å². The summed E-state index contributed by atoms with van der Waals surface area (Å²) in [6.07, 6.45) is 3.81. The van der Waals surface area contributed by atoms with Crippen LogP contribution in [0.3, 0.4) is 0 Å². The van der Waals surface area contributed by atoms with E-state index in [0.717, 1.165) is 6.42 Å². The number of carbonyl (C=O) groups is 1. The van der Waals surface area contributed by atoms with E-state index in [0.29, 0.717) is 16.7 Å². The molecule has 0 aliphatic heterocycles. The van der Waals surface area contributed by atoms with Gasteiger partial charge < -0.3 is 5.32 Å². The van der Waals surface area contributed by atoms with Crippen LogP contribution in [0.25, 0.3) is 10.9 Å². The molecule has 2 heterocycles. The van der Waals surface area contributed by atoms with Gasteiger partial charge in [0.15, 0.2) is 0 Å². The van der Waals surface area contributed by atoms with Gasteiger partial charge in [0.2, 0.25) is 11.3 Å². The second kappa shape index (κ2) is 6.66. The van der Waals surface area contributed by atoms with Crippen molar-refractivity contribution in [2.75, 3.05) is 5.32 Å². The lowest BCUT2D eigenvalue weighted by Crippen LogP contribution is -2.24. The normalized spacial score (nSPS) is 12.2. The molecule has 7 heteroatoms. The Morgan fingerprint density at radius 2 is 2.04 bits per heavy atom. The zero-order valence-corrected chi connectivity index (χ0v) is 13.6. The summed E-state index contributed by atoms with van der Waals surface area (Å²) in [7, 11) is 0. The molecule has 24 heavy (non-hydrogen) atoms. The molecule has 0 aliphatic rings. The van der Waals surface area contributed by atoms with E-state index in [1.807, 2.05) is 13.0 Å². The lowest BCUT2D eigenvalue weighted by molar-refractivity contribution is -0.116. The number of hydrogen-bond acceptors (Lipinski definition) is 4. The molecule has 1 unspecified atom stereocenters. The first-order valence-corrected chi connectivity index (χ1v) is 7.88. The predicted molar refractivity (Wildman–Crippen MR) is 91.9 cm³/mol. The maximum absolute atomic E-state index is 12.4. The molecule has 1 N–H and O–H groups in total. The topological polar surface area (TPSA) is 81.8 Å². The van der Waals surface area contributed by atoms with Crippen molar-refractivity contribution in [1.29, 1.82) is 0 Å². The van der Waals surface area contributed by atoms with Crippen LogP contribution in [-0.4, -0.2) is 25.5 Å². The van der Waals surface area contributed by atoms with E-state index < -0.39 is 0 Å². The number of hydrogen-bond donors (Lipinski definition) is 1. The SMILES string of the molecule is CCC(C)n1nccc1NC(=O)Cn1ncc(=O)c2ccccc21. The van der Waals surface area contributed by atoms with Gasteiger partial charge in [0.25, 0.3) is 0 Å². The second-order valence-corrected chi connectivity index (χ2v) is 5.65. The fourth-order valence-corrected chi connectivity index (χ4v) is 2.54. The van der Waals surface area contributed by atoms with Crippen molar-refractivity contribution >= 4 is 22.6 Å². The molecule has 124 valence electrons. The lowest BCUT2D eigenvalue weighted by Gasteiger charge is -2.15. The molecule has 0 saturated carbocycles. The number of fused-ring (bicyclic) bond motifs is 1. The molecule has 0 radical (unpaired) electrons. The number of rotatable bonds is 5.